The van der Waals surface area contributed by atoms with E-state index in [1.54, 1.807) is 12.4 Å². The lowest BCUT2D eigenvalue weighted by atomic mass is 10.1. The molecule has 0 unspecified atom stereocenters. The van der Waals surface area contributed by atoms with Gasteiger partial charge in [-0.3, -0.25) is 0 Å². The van der Waals surface area contributed by atoms with Crippen LogP contribution in [0.15, 0.2) is 24.5 Å². The summed E-state index contributed by atoms with van der Waals surface area (Å²) in [6, 6.07) is 4.94. The van der Waals surface area contributed by atoms with Crippen molar-refractivity contribution in [3.8, 4) is 0 Å². The van der Waals surface area contributed by atoms with Gasteiger partial charge in [0.1, 0.15) is 12.1 Å². The Morgan fingerprint density at radius 3 is 3.11 bits per heavy atom. The summed E-state index contributed by atoms with van der Waals surface area (Å²) in [5.74, 6) is 0.750. The quantitative estimate of drug-likeness (QED) is 0.900. The summed E-state index contributed by atoms with van der Waals surface area (Å²) in [6.45, 7) is 3.10. The molecular formula is C13H16FN5. The number of nitrogens with zero attached hydrogens (tertiary/aromatic N) is 4. The van der Waals surface area contributed by atoms with Gasteiger partial charge in [0.2, 0.25) is 0 Å². The Morgan fingerprint density at radius 1 is 1.37 bits per heavy atom. The molecule has 1 aromatic carbocycles. The van der Waals surface area contributed by atoms with Gasteiger partial charge in [0.15, 0.2) is 5.82 Å². The molecule has 5 nitrogen and oxygen atoms in total. The van der Waals surface area contributed by atoms with Gasteiger partial charge in [-0.1, -0.05) is 0 Å². The van der Waals surface area contributed by atoms with Gasteiger partial charge in [0.05, 0.1) is 6.54 Å². The molecule has 1 aliphatic rings. The molecule has 6 heteroatoms. The lowest BCUT2D eigenvalue weighted by Gasteiger charge is -2.30. The molecule has 0 spiro atoms. The molecule has 2 heterocycles. The van der Waals surface area contributed by atoms with Crippen molar-refractivity contribution >= 4 is 5.69 Å². The van der Waals surface area contributed by atoms with Crippen LogP contribution in [0, 0.1) is 5.82 Å². The molecule has 0 radical (unpaired) electrons. The van der Waals surface area contributed by atoms with E-state index in [0.29, 0.717) is 13.1 Å². The largest absolute Gasteiger partial charge is 0.362 e. The Bertz CT molecular complexity index is 580. The van der Waals surface area contributed by atoms with Crippen molar-refractivity contribution in [1.29, 1.82) is 0 Å². The number of aromatic nitrogens is 3. The average Bonchev–Trinajstić information content (AvgIpc) is 2.86. The van der Waals surface area contributed by atoms with E-state index < -0.39 is 0 Å². The first-order chi connectivity index (χ1) is 9.28. The molecule has 0 bridgehead atoms. The fraction of sp³-hybridized carbons (Fsp3) is 0.385. The summed E-state index contributed by atoms with van der Waals surface area (Å²) < 4.78 is 15.4. The standard InChI is InChI=1S/C13H16FN5/c1-15-7-10-6-11(14)2-3-12(10)18-4-5-19-9-16-17-13(19)8-18/h2-3,6,9,15H,4-5,7-8H2,1H3. The van der Waals surface area contributed by atoms with E-state index in [4.69, 9.17) is 0 Å². The van der Waals surface area contributed by atoms with Gasteiger partial charge >= 0.3 is 0 Å². The minimum atomic E-state index is -0.200. The van der Waals surface area contributed by atoms with E-state index in [-0.39, 0.29) is 5.82 Å². The van der Waals surface area contributed by atoms with E-state index in [1.165, 1.54) is 6.07 Å². The van der Waals surface area contributed by atoms with Gasteiger partial charge in [-0.05, 0) is 30.8 Å². The van der Waals surface area contributed by atoms with Crippen molar-refractivity contribution in [2.24, 2.45) is 0 Å². The van der Waals surface area contributed by atoms with Gasteiger partial charge in [-0.2, -0.15) is 0 Å². The van der Waals surface area contributed by atoms with E-state index in [2.05, 4.69) is 25.0 Å². The van der Waals surface area contributed by atoms with Crippen LogP contribution in [0.3, 0.4) is 0 Å². The molecule has 2 aromatic rings. The van der Waals surface area contributed by atoms with Crippen LogP contribution in [0.2, 0.25) is 0 Å². The summed E-state index contributed by atoms with van der Waals surface area (Å²) >= 11 is 0. The maximum atomic E-state index is 13.4. The monoisotopic (exact) mass is 261 g/mol. The maximum Gasteiger partial charge on any atom is 0.152 e. The molecule has 1 aliphatic heterocycles. The second-order valence-electron chi connectivity index (χ2n) is 4.67. The Hall–Kier alpha value is -1.95. The van der Waals surface area contributed by atoms with Crippen molar-refractivity contribution in [3.05, 3.63) is 41.7 Å². The van der Waals surface area contributed by atoms with E-state index >= 15 is 0 Å². The Morgan fingerprint density at radius 2 is 2.26 bits per heavy atom. The van der Waals surface area contributed by atoms with Crippen molar-refractivity contribution < 1.29 is 4.39 Å². The fourth-order valence-corrected chi connectivity index (χ4v) is 2.47. The molecule has 100 valence electrons. The summed E-state index contributed by atoms with van der Waals surface area (Å²) in [4.78, 5) is 2.22. The fourth-order valence-electron chi connectivity index (χ4n) is 2.47. The Kier molecular flexibility index (Phi) is 3.16. The molecular weight excluding hydrogens is 245 g/mol. The minimum absolute atomic E-state index is 0.200. The number of hydrogen-bond donors (Lipinski definition) is 1. The number of nitrogens with one attached hydrogen (secondary N) is 1. The normalized spacial score (nSPS) is 14.5. The van der Waals surface area contributed by atoms with Gasteiger partial charge in [-0.15, -0.1) is 10.2 Å². The van der Waals surface area contributed by atoms with Crippen molar-refractivity contribution in [2.75, 3.05) is 18.5 Å². The molecule has 0 fully saturated rings. The second kappa shape index (κ2) is 4.97. The van der Waals surface area contributed by atoms with Crippen LogP contribution in [-0.4, -0.2) is 28.4 Å². The van der Waals surface area contributed by atoms with E-state index in [0.717, 1.165) is 30.2 Å². The van der Waals surface area contributed by atoms with Gasteiger partial charge < -0.3 is 14.8 Å². The van der Waals surface area contributed by atoms with Crippen LogP contribution < -0.4 is 10.2 Å². The zero-order valence-corrected chi connectivity index (χ0v) is 10.8. The lowest BCUT2D eigenvalue weighted by Crippen LogP contribution is -2.34. The number of rotatable bonds is 3. The zero-order valence-electron chi connectivity index (χ0n) is 10.8. The van der Waals surface area contributed by atoms with Gasteiger partial charge in [0.25, 0.3) is 0 Å². The highest BCUT2D eigenvalue weighted by Gasteiger charge is 2.19. The first-order valence-electron chi connectivity index (χ1n) is 6.32. The Labute approximate surface area is 111 Å². The van der Waals surface area contributed by atoms with E-state index in [1.807, 2.05) is 13.1 Å². The first kappa shape index (κ1) is 12.1. The third-order valence-electron chi connectivity index (χ3n) is 3.39. The van der Waals surface area contributed by atoms with Crippen LogP contribution in [0.5, 0.6) is 0 Å². The summed E-state index contributed by atoms with van der Waals surface area (Å²) in [6.07, 6.45) is 1.76. The zero-order chi connectivity index (χ0) is 13.2. The number of anilines is 1. The Balaban J connectivity index is 1.90. The van der Waals surface area contributed by atoms with E-state index in [9.17, 15) is 4.39 Å². The molecule has 1 N–H and O–H groups in total. The predicted molar refractivity (Wildman–Crippen MR) is 70.2 cm³/mol. The number of benzene rings is 1. The lowest BCUT2D eigenvalue weighted by molar-refractivity contribution is 0.557. The second-order valence-corrected chi connectivity index (χ2v) is 4.67. The molecule has 19 heavy (non-hydrogen) atoms. The number of halogens is 1. The number of hydrogen-bond acceptors (Lipinski definition) is 4. The van der Waals surface area contributed by atoms with Crippen molar-refractivity contribution in [1.82, 2.24) is 20.1 Å². The molecule has 1 aromatic heterocycles. The van der Waals surface area contributed by atoms with Crippen molar-refractivity contribution in [3.63, 3.8) is 0 Å². The molecule has 3 rings (SSSR count). The molecule has 0 aliphatic carbocycles. The summed E-state index contributed by atoms with van der Waals surface area (Å²) in [5.41, 5.74) is 2.03. The SMILES string of the molecule is CNCc1cc(F)ccc1N1CCn2cnnc2C1. The van der Waals surface area contributed by atoms with Gasteiger partial charge in [-0.25, -0.2) is 4.39 Å². The third kappa shape index (κ3) is 2.31. The van der Waals surface area contributed by atoms with Crippen LogP contribution in [0.1, 0.15) is 11.4 Å². The predicted octanol–water partition coefficient (Wildman–Crippen LogP) is 1.16. The van der Waals surface area contributed by atoms with Crippen LogP contribution in [-0.2, 0) is 19.6 Å². The maximum absolute atomic E-state index is 13.4. The first-order valence-corrected chi connectivity index (χ1v) is 6.32. The smallest absolute Gasteiger partial charge is 0.152 e. The highest BCUT2D eigenvalue weighted by atomic mass is 19.1. The minimum Gasteiger partial charge on any atom is -0.362 e. The molecule has 0 atom stereocenters. The van der Waals surface area contributed by atoms with Crippen molar-refractivity contribution in [2.45, 2.75) is 19.6 Å². The average molecular weight is 261 g/mol. The van der Waals surface area contributed by atoms with Crippen LogP contribution >= 0.6 is 0 Å². The van der Waals surface area contributed by atoms with Crippen LogP contribution in [0.25, 0.3) is 0 Å². The summed E-state index contributed by atoms with van der Waals surface area (Å²) in [5, 5.41) is 11.1. The third-order valence-corrected chi connectivity index (χ3v) is 3.39. The van der Waals surface area contributed by atoms with Crippen LogP contribution in [0.4, 0.5) is 10.1 Å². The van der Waals surface area contributed by atoms with Gasteiger partial charge in [0, 0.05) is 25.3 Å². The molecule has 0 saturated carbocycles. The molecule has 0 amide bonds. The highest BCUT2D eigenvalue weighted by molar-refractivity contribution is 5.54. The summed E-state index contributed by atoms with van der Waals surface area (Å²) in [7, 11) is 1.86. The number of fused-ring (bicyclic) bond motifs is 1. The topological polar surface area (TPSA) is 46.0 Å². The molecule has 0 saturated heterocycles. The highest BCUT2D eigenvalue weighted by Crippen LogP contribution is 2.25.